The Morgan fingerprint density at radius 1 is 1.29 bits per heavy atom. The van der Waals surface area contributed by atoms with Crippen LogP contribution in [0.4, 0.5) is 0 Å². The van der Waals surface area contributed by atoms with Crippen molar-refractivity contribution in [3.63, 3.8) is 0 Å². The Kier molecular flexibility index (Phi) is 4.69. The minimum atomic E-state index is -0.461. The molecule has 92 valence electrons. The highest BCUT2D eigenvalue weighted by molar-refractivity contribution is 5.92. The number of hydrogen-bond donors (Lipinski definition) is 1. The van der Waals surface area contributed by atoms with Crippen LogP contribution in [0.15, 0.2) is 18.2 Å². The minimum absolute atomic E-state index is 0.236. The Labute approximate surface area is 101 Å². The topological polar surface area (TPSA) is 55.4 Å². The van der Waals surface area contributed by atoms with Crippen LogP contribution in [-0.2, 0) is 9.53 Å². The molecular weight excluding hydrogens is 218 g/mol. The van der Waals surface area contributed by atoms with Crippen LogP contribution in [0.5, 0.6) is 0 Å². The van der Waals surface area contributed by atoms with Crippen molar-refractivity contribution in [3.05, 3.63) is 34.9 Å². The number of nitrogens with one attached hydrogen (secondary N) is 1. The molecule has 4 nitrogen and oxygen atoms in total. The Morgan fingerprint density at radius 3 is 2.65 bits per heavy atom. The lowest BCUT2D eigenvalue weighted by Gasteiger charge is -2.07. The van der Waals surface area contributed by atoms with Crippen molar-refractivity contribution in [2.24, 2.45) is 0 Å². The van der Waals surface area contributed by atoms with E-state index in [0.717, 1.165) is 11.1 Å². The van der Waals surface area contributed by atoms with Crippen LogP contribution in [0.2, 0.25) is 0 Å². The molecule has 0 radical (unpaired) electrons. The molecule has 0 saturated heterocycles. The van der Waals surface area contributed by atoms with Crippen LogP contribution >= 0.6 is 0 Å². The number of carbonyl (C=O) groups is 2. The van der Waals surface area contributed by atoms with Crippen molar-refractivity contribution in [1.82, 2.24) is 5.32 Å². The number of ether oxygens (including phenoxy) is 1. The number of rotatable bonds is 4. The lowest BCUT2D eigenvalue weighted by molar-refractivity contribution is -0.124. The third-order valence-electron chi connectivity index (χ3n) is 2.32. The maximum Gasteiger partial charge on any atom is 0.338 e. The number of benzene rings is 1. The average Bonchev–Trinajstić information content (AvgIpc) is 2.29. The highest BCUT2D eigenvalue weighted by Gasteiger charge is 2.12. The van der Waals surface area contributed by atoms with Gasteiger partial charge in [-0.3, -0.25) is 4.79 Å². The number of esters is 1. The van der Waals surface area contributed by atoms with Gasteiger partial charge in [0.25, 0.3) is 5.91 Å². The van der Waals surface area contributed by atoms with Crippen molar-refractivity contribution < 1.29 is 14.3 Å². The molecule has 1 aromatic rings. The first-order chi connectivity index (χ1) is 8.04. The number of aryl methyl sites for hydroxylation is 2. The van der Waals surface area contributed by atoms with Gasteiger partial charge < -0.3 is 10.1 Å². The van der Waals surface area contributed by atoms with Gasteiger partial charge in [0.1, 0.15) is 0 Å². The molecule has 0 atom stereocenters. The maximum atomic E-state index is 11.7. The molecule has 4 heteroatoms. The van der Waals surface area contributed by atoms with Gasteiger partial charge in [0.15, 0.2) is 6.61 Å². The van der Waals surface area contributed by atoms with Crippen molar-refractivity contribution in [3.8, 4) is 0 Å². The van der Waals surface area contributed by atoms with Crippen LogP contribution in [0, 0.1) is 13.8 Å². The van der Waals surface area contributed by atoms with Crippen LogP contribution < -0.4 is 5.32 Å². The van der Waals surface area contributed by atoms with Gasteiger partial charge in [-0.2, -0.15) is 0 Å². The van der Waals surface area contributed by atoms with E-state index in [2.05, 4.69) is 5.32 Å². The first kappa shape index (κ1) is 13.2. The van der Waals surface area contributed by atoms with E-state index >= 15 is 0 Å². The molecule has 0 aliphatic carbocycles. The van der Waals surface area contributed by atoms with Crippen molar-refractivity contribution in [1.29, 1.82) is 0 Å². The van der Waals surface area contributed by atoms with Crippen LogP contribution in [-0.4, -0.2) is 25.0 Å². The molecule has 1 rings (SSSR count). The molecule has 1 amide bonds. The molecule has 0 unspecified atom stereocenters. The normalized spacial score (nSPS) is 9.82. The number of hydrogen-bond acceptors (Lipinski definition) is 3. The predicted molar refractivity (Wildman–Crippen MR) is 64.9 cm³/mol. The quantitative estimate of drug-likeness (QED) is 0.806. The second-order valence-electron chi connectivity index (χ2n) is 3.85. The zero-order valence-corrected chi connectivity index (χ0v) is 10.4. The minimum Gasteiger partial charge on any atom is -0.452 e. The second-order valence-corrected chi connectivity index (χ2v) is 3.85. The molecule has 1 aromatic carbocycles. The Morgan fingerprint density at radius 2 is 2.00 bits per heavy atom. The lowest BCUT2D eigenvalue weighted by atomic mass is 10.1. The van der Waals surface area contributed by atoms with Gasteiger partial charge in [-0.15, -0.1) is 0 Å². The molecule has 0 bridgehead atoms. The molecule has 1 N–H and O–H groups in total. The van der Waals surface area contributed by atoms with E-state index in [9.17, 15) is 9.59 Å². The van der Waals surface area contributed by atoms with Crippen molar-refractivity contribution in [2.45, 2.75) is 20.8 Å². The largest absolute Gasteiger partial charge is 0.452 e. The summed E-state index contributed by atoms with van der Waals surface area (Å²) in [6, 6.07) is 5.54. The first-order valence-corrected chi connectivity index (χ1v) is 5.55. The summed E-state index contributed by atoms with van der Waals surface area (Å²) in [5.74, 6) is -0.747. The first-order valence-electron chi connectivity index (χ1n) is 5.55. The summed E-state index contributed by atoms with van der Waals surface area (Å²) in [6.07, 6.45) is 0. The monoisotopic (exact) mass is 235 g/mol. The zero-order chi connectivity index (χ0) is 12.8. The van der Waals surface area contributed by atoms with Crippen molar-refractivity contribution in [2.75, 3.05) is 13.2 Å². The third-order valence-corrected chi connectivity index (χ3v) is 2.32. The molecule has 0 saturated carbocycles. The summed E-state index contributed by atoms with van der Waals surface area (Å²) in [7, 11) is 0. The van der Waals surface area contributed by atoms with Gasteiger partial charge in [-0.05, 0) is 32.4 Å². The summed E-state index contributed by atoms with van der Waals surface area (Å²) in [5, 5.41) is 2.56. The molecule has 0 heterocycles. The third kappa shape index (κ3) is 3.90. The predicted octanol–water partition coefficient (Wildman–Crippen LogP) is 1.60. The second kappa shape index (κ2) is 6.03. The highest BCUT2D eigenvalue weighted by Crippen LogP contribution is 2.11. The van der Waals surface area contributed by atoms with E-state index in [4.69, 9.17) is 4.74 Å². The zero-order valence-electron chi connectivity index (χ0n) is 10.4. The fourth-order valence-electron chi connectivity index (χ4n) is 1.41. The number of likely N-dealkylation sites (N-methyl/N-ethyl adjacent to an activating group) is 1. The fraction of sp³-hybridized carbons (Fsp3) is 0.385. The van der Waals surface area contributed by atoms with E-state index in [1.807, 2.05) is 32.9 Å². The van der Waals surface area contributed by atoms with E-state index in [0.29, 0.717) is 12.1 Å². The molecule has 0 aromatic heterocycles. The maximum absolute atomic E-state index is 11.7. The van der Waals surface area contributed by atoms with Gasteiger partial charge in [0.2, 0.25) is 0 Å². The number of carbonyl (C=O) groups excluding carboxylic acids is 2. The Hall–Kier alpha value is -1.84. The SMILES string of the molecule is CCNC(=O)COC(=O)c1cc(C)ccc1C. The number of amides is 1. The van der Waals surface area contributed by atoms with E-state index in [1.165, 1.54) is 0 Å². The van der Waals surface area contributed by atoms with E-state index in [-0.39, 0.29) is 12.5 Å². The van der Waals surface area contributed by atoms with Crippen LogP contribution in [0.1, 0.15) is 28.4 Å². The summed E-state index contributed by atoms with van der Waals surface area (Å²) in [4.78, 5) is 22.9. The smallest absolute Gasteiger partial charge is 0.338 e. The summed E-state index contributed by atoms with van der Waals surface area (Å²) in [5.41, 5.74) is 2.34. The van der Waals surface area contributed by atoms with Crippen molar-refractivity contribution >= 4 is 11.9 Å². The van der Waals surface area contributed by atoms with Gasteiger partial charge in [0, 0.05) is 6.54 Å². The van der Waals surface area contributed by atoms with Gasteiger partial charge >= 0.3 is 5.97 Å². The highest BCUT2D eigenvalue weighted by atomic mass is 16.5. The fourth-order valence-corrected chi connectivity index (χ4v) is 1.41. The molecule has 0 spiro atoms. The summed E-state index contributed by atoms with van der Waals surface area (Å²) >= 11 is 0. The molecular formula is C13H17NO3. The van der Waals surface area contributed by atoms with E-state index in [1.54, 1.807) is 6.07 Å². The molecule has 0 aliphatic rings. The Bertz CT molecular complexity index is 427. The van der Waals surface area contributed by atoms with Gasteiger partial charge in [0.05, 0.1) is 5.56 Å². The summed E-state index contributed by atoms with van der Waals surface area (Å²) in [6.45, 7) is 5.84. The van der Waals surface area contributed by atoms with E-state index < -0.39 is 5.97 Å². The lowest BCUT2D eigenvalue weighted by Crippen LogP contribution is -2.28. The van der Waals surface area contributed by atoms with Gasteiger partial charge in [-0.1, -0.05) is 17.7 Å². The average molecular weight is 235 g/mol. The Balaban J connectivity index is 2.64. The standard InChI is InChI=1S/C13H17NO3/c1-4-14-12(15)8-17-13(16)11-7-9(2)5-6-10(11)3/h5-7H,4,8H2,1-3H3,(H,14,15). The molecule has 0 fully saturated rings. The molecule has 17 heavy (non-hydrogen) atoms. The molecule has 0 aliphatic heterocycles. The van der Waals surface area contributed by atoms with Crippen LogP contribution in [0.3, 0.4) is 0 Å². The van der Waals surface area contributed by atoms with Gasteiger partial charge in [-0.25, -0.2) is 4.79 Å². The van der Waals surface area contributed by atoms with Crippen LogP contribution in [0.25, 0.3) is 0 Å². The summed E-state index contributed by atoms with van der Waals surface area (Å²) < 4.78 is 4.93.